The first-order valence-electron chi connectivity index (χ1n) is 5.16. The highest BCUT2D eigenvalue weighted by molar-refractivity contribution is 5.71. The van der Waals surface area contributed by atoms with E-state index in [0.717, 1.165) is 17.5 Å². The highest BCUT2D eigenvalue weighted by atomic mass is 14.7. The minimum absolute atomic E-state index is 0.759. The van der Waals surface area contributed by atoms with Gasteiger partial charge in [-0.05, 0) is 42.9 Å². The van der Waals surface area contributed by atoms with Crippen molar-refractivity contribution in [3.05, 3.63) is 47.8 Å². The molecule has 1 nitrogen and oxygen atoms in total. The standard InChI is InChI=1S/C13H13N/c1-9-5-6-10(12-8-11(9)12)13-4-2-3-7-14-13/h2-7,11-12H,8H2,1H3. The molecular formula is C13H13N. The van der Waals surface area contributed by atoms with Crippen LogP contribution >= 0.6 is 0 Å². The van der Waals surface area contributed by atoms with Gasteiger partial charge in [0.05, 0.1) is 5.69 Å². The Hall–Kier alpha value is -1.37. The Balaban J connectivity index is 2.01. The fraction of sp³-hybridized carbons (Fsp3) is 0.308. The van der Waals surface area contributed by atoms with Crippen molar-refractivity contribution >= 4 is 5.57 Å². The van der Waals surface area contributed by atoms with Gasteiger partial charge in [0, 0.05) is 6.20 Å². The molecule has 3 rings (SSSR count). The van der Waals surface area contributed by atoms with Crippen molar-refractivity contribution in [2.75, 3.05) is 0 Å². The summed E-state index contributed by atoms with van der Waals surface area (Å²) in [6, 6.07) is 6.14. The number of hydrogen-bond acceptors (Lipinski definition) is 1. The molecule has 2 aliphatic rings. The van der Waals surface area contributed by atoms with Crippen molar-refractivity contribution in [2.24, 2.45) is 11.8 Å². The third-order valence-corrected chi connectivity index (χ3v) is 3.26. The molecule has 0 aromatic carbocycles. The summed E-state index contributed by atoms with van der Waals surface area (Å²) in [6.07, 6.45) is 7.69. The van der Waals surface area contributed by atoms with Crippen molar-refractivity contribution < 1.29 is 0 Å². The number of hydrogen-bond donors (Lipinski definition) is 0. The normalized spacial score (nSPS) is 28.9. The largest absolute Gasteiger partial charge is 0.257 e. The second-order valence-corrected chi connectivity index (χ2v) is 4.20. The fourth-order valence-electron chi connectivity index (χ4n) is 2.32. The molecule has 1 fully saturated rings. The summed E-state index contributed by atoms with van der Waals surface area (Å²) in [5, 5.41) is 0. The zero-order valence-electron chi connectivity index (χ0n) is 8.27. The Kier molecular flexibility index (Phi) is 1.60. The van der Waals surface area contributed by atoms with Gasteiger partial charge in [-0.25, -0.2) is 0 Å². The van der Waals surface area contributed by atoms with Crippen LogP contribution in [0.2, 0.25) is 0 Å². The maximum Gasteiger partial charge on any atom is 0.0664 e. The SMILES string of the molecule is CC1=CC=C(c2ccccn2)C2CC12. The van der Waals surface area contributed by atoms with Crippen LogP contribution in [-0.2, 0) is 0 Å². The van der Waals surface area contributed by atoms with E-state index in [0.29, 0.717) is 0 Å². The van der Waals surface area contributed by atoms with Gasteiger partial charge >= 0.3 is 0 Å². The van der Waals surface area contributed by atoms with Crippen molar-refractivity contribution in [1.82, 2.24) is 4.98 Å². The molecule has 0 amide bonds. The third kappa shape index (κ3) is 1.12. The van der Waals surface area contributed by atoms with Gasteiger partial charge in [0.25, 0.3) is 0 Å². The molecule has 1 aromatic heterocycles. The molecule has 0 aliphatic heterocycles. The Labute approximate surface area is 84.2 Å². The van der Waals surface area contributed by atoms with E-state index in [1.54, 1.807) is 0 Å². The van der Waals surface area contributed by atoms with Gasteiger partial charge in [-0.1, -0.05) is 23.8 Å². The third-order valence-electron chi connectivity index (χ3n) is 3.26. The second-order valence-electron chi connectivity index (χ2n) is 4.20. The number of fused-ring (bicyclic) bond motifs is 1. The van der Waals surface area contributed by atoms with Crippen LogP contribution in [0.25, 0.3) is 5.57 Å². The van der Waals surface area contributed by atoms with Gasteiger partial charge in [0.15, 0.2) is 0 Å². The molecule has 2 aliphatic carbocycles. The molecule has 70 valence electrons. The molecule has 0 radical (unpaired) electrons. The van der Waals surface area contributed by atoms with Crippen molar-refractivity contribution in [3.63, 3.8) is 0 Å². The molecule has 1 heteroatoms. The predicted octanol–water partition coefficient (Wildman–Crippen LogP) is 3.06. The molecular weight excluding hydrogens is 170 g/mol. The Bertz CT molecular complexity index is 414. The smallest absolute Gasteiger partial charge is 0.0664 e. The summed E-state index contributed by atoms with van der Waals surface area (Å²) in [5.41, 5.74) is 4.12. The highest BCUT2D eigenvalue weighted by Gasteiger charge is 2.42. The predicted molar refractivity (Wildman–Crippen MR) is 57.6 cm³/mol. The van der Waals surface area contributed by atoms with E-state index in [4.69, 9.17) is 0 Å². The topological polar surface area (TPSA) is 12.9 Å². The average Bonchev–Trinajstić information content (AvgIpc) is 3.00. The zero-order valence-corrected chi connectivity index (χ0v) is 8.27. The summed E-state index contributed by atoms with van der Waals surface area (Å²) >= 11 is 0. The van der Waals surface area contributed by atoms with Gasteiger partial charge in [0.1, 0.15) is 0 Å². The Morgan fingerprint density at radius 2 is 2.14 bits per heavy atom. The first-order valence-corrected chi connectivity index (χ1v) is 5.16. The average molecular weight is 183 g/mol. The first-order chi connectivity index (χ1) is 6.86. The van der Waals surface area contributed by atoms with E-state index in [2.05, 4.69) is 36.2 Å². The van der Waals surface area contributed by atoms with Gasteiger partial charge in [-0.15, -0.1) is 0 Å². The van der Waals surface area contributed by atoms with Gasteiger partial charge < -0.3 is 0 Å². The first kappa shape index (κ1) is 7.98. The van der Waals surface area contributed by atoms with Crippen LogP contribution < -0.4 is 0 Å². The molecule has 0 spiro atoms. The van der Waals surface area contributed by atoms with E-state index >= 15 is 0 Å². The number of pyridine rings is 1. The molecule has 14 heavy (non-hydrogen) atoms. The van der Waals surface area contributed by atoms with Gasteiger partial charge in [-0.2, -0.15) is 0 Å². The number of nitrogens with zero attached hydrogens (tertiary/aromatic N) is 1. The molecule has 1 heterocycles. The van der Waals surface area contributed by atoms with Crippen LogP contribution in [0.1, 0.15) is 19.0 Å². The lowest BCUT2D eigenvalue weighted by molar-refractivity contribution is 0.918. The van der Waals surface area contributed by atoms with Crippen LogP contribution in [-0.4, -0.2) is 4.98 Å². The number of aromatic nitrogens is 1. The Morgan fingerprint density at radius 1 is 1.21 bits per heavy atom. The van der Waals surface area contributed by atoms with Gasteiger partial charge in [-0.3, -0.25) is 4.98 Å². The van der Waals surface area contributed by atoms with E-state index in [-0.39, 0.29) is 0 Å². The summed E-state index contributed by atoms with van der Waals surface area (Å²) in [4.78, 5) is 4.41. The molecule has 2 atom stereocenters. The summed E-state index contributed by atoms with van der Waals surface area (Å²) in [6.45, 7) is 2.23. The minimum Gasteiger partial charge on any atom is -0.257 e. The molecule has 2 unspecified atom stereocenters. The van der Waals surface area contributed by atoms with E-state index in [9.17, 15) is 0 Å². The van der Waals surface area contributed by atoms with Crippen LogP contribution in [0.15, 0.2) is 42.1 Å². The lowest BCUT2D eigenvalue weighted by atomic mass is 9.97. The van der Waals surface area contributed by atoms with Crippen molar-refractivity contribution in [3.8, 4) is 0 Å². The lowest BCUT2D eigenvalue weighted by Gasteiger charge is -2.10. The summed E-state index contributed by atoms with van der Waals surface area (Å²) in [5.74, 6) is 1.58. The molecule has 1 saturated carbocycles. The van der Waals surface area contributed by atoms with Crippen LogP contribution in [0, 0.1) is 11.8 Å². The van der Waals surface area contributed by atoms with Crippen molar-refractivity contribution in [2.45, 2.75) is 13.3 Å². The molecule has 0 saturated heterocycles. The monoisotopic (exact) mass is 183 g/mol. The molecule has 1 aromatic rings. The summed E-state index contributed by atoms with van der Waals surface area (Å²) in [7, 11) is 0. The van der Waals surface area contributed by atoms with E-state index in [1.165, 1.54) is 17.6 Å². The van der Waals surface area contributed by atoms with Crippen molar-refractivity contribution in [1.29, 1.82) is 0 Å². The number of allylic oxidation sites excluding steroid dienone is 4. The zero-order chi connectivity index (χ0) is 9.54. The quantitative estimate of drug-likeness (QED) is 0.652. The van der Waals surface area contributed by atoms with Crippen LogP contribution in [0.3, 0.4) is 0 Å². The van der Waals surface area contributed by atoms with E-state index in [1.807, 2.05) is 12.3 Å². The highest BCUT2D eigenvalue weighted by Crippen LogP contribution is 2.53. The lowest BCUT2D eigenvalue weighted by Crippen LogP contribution is -1.97. The summed E-state index contributed by atoms with van der Waals surface area (Å²) < 4.78 is 0. The Morgan fingerprint density at radius 3 is 2.93 bits per heavy atom. The van der Waals surface area contributed by atoms with E-state index < -0.39 is 0 Å². The van der Waals surface area contributed by atoms with Crippen LogP contribution in [0.5, 0.6) is 0 Å². The van der Waals surface area contributed by atoms with Crippen LogP contribution in [0.4, 0.5) is 0 Å². The van der Waals surface area contributed by atoms with Gasteiger partial charge in [0.2, 0.25) is 0 Å². The number of rotatable bonds is 1. The minimum atomic E-state index is 0.759. The second kappa shape index (κ2) is 2.81. The molecule has 0 bridgehead atoms. The maximum absolute atomic E-state index is 4.41. The molecule has 0 N–H and O–H groups in total. The fourth-order valence-corrected chi connectivity index (χ4v) is 2.32. The maximum atomic E-state index is 4.41.